The Hall–Kier alpha value is -4.30. The van der Waals surface area contributed by atoms with Crippen LogP contribution in [0.4, 0.5) is 16.0 Å². The van der Waals surface area contributed by atoms with Gasteiger partial charge in [0.25, 0.3) is 0 Å². The van der Waals surface area contributed by atoms with Gasteiger partial charge < -0.3 is 10.6 Å². The van der Waals surface area contributed by atoms with E-state index < -0.39 is 5.82 Å². The van der Waals surface area contributed by atoms with Crippen molar-refractivity contribution in [2.24, 2.45) is 7.05 Å². The van der Waals surface area contributed by atoms with Gasteiger partial charge in [-0.1, -0.05) is 30.3 Å². The second kappa shape index (κ2) is 11.4. The number of nitrogens with one attached hydrogen (secondary N) is 2. The number of halogens is 2. The fraction of sp³-hybridized carbons (Fsp3) is 0.111. The average molecular weight is 502 g/mol. The second-order valence-corrected chi connectivity index (χ2v) is 8.41. The number of aryl methyl sites for hydroxylation is 2. The summed E-state index contributed by atoms with van der Waals surface area (Å²) >= 11 is 5.95. The Kier molecular flexibility index (Phi) is 7.87. The molecule has 7 nitrogen and oxygen atoms in total. The number of hydrogen-bond acceptors (Lipinski definition) is 6. The van der Waals surface area contributed by atoms with Gasteiger partial charge in [-0.05, 0) is 60.7 Å². The summed E-state index contributed by atoms with van der Waals surface area (Å²) in [6.07, 6.45) is 14.3. The van der Waals surface area contributed by atoms with Gasteiger partial charge in [-0.3, -0.25) is 9.67 Å². The number of nitrogens with zero attached hydrogens (tertiary/aromatic N) is 5. The maximum absolute atomic E-state index is 14.4. The van der Waals surface area contributed by atoms with Crippen molar-refractivity contribution in [3.05, 3.63) is 126 Å². The molecule has 0 radical (unpaired) electrons. The van der Waals surface area contributed by atoms with Crippen LogP contribution in [0.1, 0.15) is 28.4 Å². The average Bonchev–Trinajstić information content (AvgIpc) is 3.29. The Bertz CT molecular complexity index is 1430. The lowest BCUT2D eigenvalue weighted by molar-refractivity contribution is 0.625. The summed E-state index contributed by atoms with van der Waals surface area (Å²) in [6.45, 7) is 5.60. The number of benzene rings is 1. The first kappa shape index (κ1) is 24.8. The van der Waals surface area contributed by atoms with Gasteiger partial charge in [0.2, 0.25) is 5.95 Å². The zero-order valence-corrected chi connectivity index (χ0v) is 20.6. The summed E-state index contributed by atoms with van der Waals surface area (Å²) in [6, 6.07) is 10.4. The molecule has 1 atom stereocenters. The minimum Gasteiger partial charge on any atom is -0.368 e. The maximum atomic E-state index is 14.4. The molecule has 4 rings (SSSR count). The number of hydrogen-bond donors (Lipinski definition) is 2. The van der Waals surface area contributed by atoms with Crippen LogP contribution in [0.15, 0.2) is 92.3 Å². The van der Waals surface area contributed by atoms with Gasteiger partial charge in [0.1, 0.15) is 5.82 Å². The molecule has 0 fully saturated rings. The van der Waals surface area contributed by atoms with Crippen LogP contribution in [0.3, 0.4) is 0 Å². The van der Waals surface area contributed by atoms with Crippen molar-refractivity contribution in [3.8, 4) is 0 Å². The molecule has 1 unspecified atom stereocenters. The van der Waals surface area contributed by atoms with Crippen LogP contribution < -0.4 is 10.6 Å². The number of anilines is 2. The van der Waals surface area contributed by atoms with Crippen molar-refractivity contribution >= 4 is 28.8 Å². The largest absolute Gasteiger partial charge is 0.368 e. The molecular formula is C27H25ClFN7. The molecule has 2 N–H and O–H groups in total. The summed E-state index contributed by atoms with van der Waals surface area (Å²) in [5.41, 5.74) is 4.78. The highest BCUT2D eigenvalue weighted by Gasteiger charge is 2.17. The molecule has 3 heterocycles. The van der Waals surface area contributed by atoms with Crippen LogP contribution in [0, 0.1) is 12.7 Å². The van der Waals surface area contributed by atoms with Crippen LogP contribution >= 0.6 is 11.6 Å². The first-order valence-corrected chi connectivity index (χ1v) is 11.5. The zero-order valence-electron chi connectivity index (χ0n) is 19.9. The molecule has 0 aliphatic rings. The van der Waals surface area contributed by atoms with Crippen molar-refractivity contribution in [1.82, 2.24) is 30.0 Å². The topological polar surface area (TPSA) is 80.5 Å². The standard InChI is InChI=1S/C27H25ClFN7/c1-4-30-10-7-20(26-9-12-32-27(35-26)34-22-8-11-31-18(2)13-22)14-23(21-16-33-36(3)17-21)19-5-6-24(28)25(29)15-19/h4-17,23,30H,1H2,2-3H3,(H,31,32,34,35)/b10-7-,20-14+. The summed E-state index contributed by atoms with van der Waals surface area (Å²) in [5, 5.41) is 10.6. The van der Waals surface area contributed by atoms with Crippen molar-refractivity contribution in [1.29, 1.82) is 0 Å². The molecule has 36 heavy (non-hydrogen) atoms. The van der Waals surface area contributed by atoms with Crippen molar-refractivity contribution < 1.29 is 4.39 Å². The number of aromatic nitrogens is 5. The highest BCUT2D eigenvalue weighted by molar-refractivity contribution is 6.30. The highest BCUT2D eigenvalue weighted by Crippen LogP contribution is 2.32. The molecule has 0 saturated carbocycles. The van der Waals surface area contributed by atoms with E-state index in [1.54, 1.807) is 41.7 Å². The van der Waals surface area contributed by atoms with E-state index in [-0.39, 0.29) is 10.9 Å². The lowest BCUT2D eigenvalue weighted by Gasteiger charge is -2.15. The minimum absolute atomic E-state index is 0.0702. The molecule has 0 spiro atoms. The van der Waals surface area contributed by atoms with E-state index >= 15 is 0 Å². The van der Waals surface area contributed by atoms with E-state index in [1.807, 2.05) is 56.6 Å². The van der Waals surface area contributed by atoms with E-state index in [4.69, 9.17) is 16.6 Å². The van der Waals surface area contributed by atoms with Gasteiger partial charge >= 0.3 is 0 Å². The lowest BCUT2D eigenvalue weighted by Crippen LogP contribution is -2.03. The maximum Gasteiger partial charge on any atom is 0.227 e. The smallest absolute Gasteiger partial charge is 0.227 e. The lowest BCUT2D eigenvalue weighted by atomic mass is 9.90. The Morgan fingerprint density at radius 2 is 1.97 bits per heavy atom. The molecule has 182 valence electrons. The highest BCUT2D eigenvalue weighted by atomic mass is 35.5. The third-order valence-electron chi connectivity index (χ3n) is 5.31. The fourth-order valence-corrected chi connectivity index (χ4v) is 3.75. The van der Waals surface area contributed by atoms with Crippen LogP contribution in [0.2, 0.25) is 5.02 Å². The SMILES string of the molecule is C=CN/C=C\C(=C/C(c1ccc(Cl)c(F)c1)c1cnn(C)c1)c1ccnc(Nc2ccnc(C)c2)n1. The van der Waals surface area contributed by atoms with E-state index in [9.17, 15) is 4.39 Å². The van der Waals surface area contributed by atoms with Gasteiger partial charge in [0.15, 0.2) is 0 Å². The third kappa shape index (κ3) is 6.22. The molecule has 0 aliphatic carbocycles. The summed E-state index contributed by atoms with van der Waals surface area (Å²) < 4.78 is 16.1. The fourth-order valence-electron chi connectivity index (χ4n) is 3.64. The van der Waals surface area contributed by atoms with E-state index in [1.165, 1.54) is 6.07 Å². The molecule has 3 aromatic heterocycles. The van der Waals surface area contributed by atoms with E-state index in [0.717, 1.165) is 28.1 Å². The van der Waals surface area contributed by atoms with Gasteiger partial charge in [0, 0.05) is 54.7 Å². The molecule has 0 aliphatic heterocycles. The van der Waals surface area contributed by atoms with Crippen molar-refractivity contribution in [2.45, 2.75) is 12.8 Å². The molecule has 1 aromatic carbocycles. The number of pyridine rings is 1. The van der Waals surface area contributed by atoms with Crippen LogP contribution in [0.25, 0.3) is 5.57 Å². The van der Waals surface area contributed by atoms with Crippen molar-refractivity contribution in [3.63, 3.8) is 0 Å². The van der Waals surface area contributed by atoms with Gasteiger partial charge in [0.05, 0.1) is 16.9 Å². The van der Waals surface area contributed by atoms with Gasteiger partial charge in [-0.2, -0.15) is 5.10 Å². The van der Waals surface area contributed by atoms with E-state index in [2.05, 4.69) is 32.3 Å². The molecule has 0 amide bonds. The Morgan fingerprint density at radius 3 is 2.69 bits per heavy atom. The Morgan fingerprint density at radius 1 is 1.14 bits per heavy atom. The third-order valence-corrected chi connectivity index (χ3v) is 5.62. The second-order valence-electron chi connectivity index (χ2n) is 8.00. The predicted molar refractivity (Wildman–Crippen MR) is 141 cm³/mol. The molecule has 9 heteroatoms. The first-order valence-electron chi connectivity index (χ1n) is 11.1. The minimum atomic E-state index is -0.483. The molecule has 4 aromatic rings. The van der Waals surface area contributed by atoms with Crippen molar-refractivity contribution in [2.75, 3.05) is 5.32 Å². The van der Waals surface area contributed by atoms with Crippen LogP contribution in [-0.2, 0) is 7.05 Å². The number of allylic oxidation sites excluding steroid dienone is 3. The molecule has 0 saturated heterocycles. The quantitative estimate of drug-likeness (QED) is 0.277. The van der Waals surface area contributed by atoms with Crippen LogP contribution in [-0.4, -0.2) is 24.7 Å². The van der Waals surface area contributed by atoms with Gasteiger partial charge in [-0.25, -0.2) is 14.4 Å². The Labute approximate surface area is 214 Å². The van der Waals surface area contributed by atoms with Gasteiger partial charge in [-0.15, -0.1) is 0 Å². The first-order chi connectivity index (χ1) is 17.4. The normalized spacial score (nSPS) is 12.5. The molecule has 0 bridgehead atoms. The van der Waals surface area contributed by atoms with Crippen LogP contribution in [0.5, 0.6) is 0 Å². The predicted octanol–water partition coefficient (Wildman–Crippen LogP) is 5.91. The monoisotopic (exact) mass is 501 g/mol. The zero-order chi connectivity index (χ0) is 25.5. The summed E-state index contributed by atoms with van der Waals surface area (Å²) in [7, 11) is 1.84. The Balaban J connectivity index is 1.78. The van der Waals surface area contributed by atoms with E-state index in [0.29, 0.717) is 11.6 Å². The summed E-state index contributed by atoms with van der Waals surface area (Å²) in [5.74, 6) is -0.365. The number of rotatable bonds is 9. The molecular weight excluding hydrogens is 477 g/mol. The summed E-state index contributed by atoms with van der Waals surface area (Å²) in [4.78, 5) is 13.3.